The van der Waals surface area contributed by atoms with Gasteiger partial charge < -0.3 is 14.2 Å². The highest BCUT2D eigenvalue weighted by Crippen LogP contribution is 2.24. The zero-order valence-corrected chi connectivity index (χ0v) is 10.3. The minimum Gasteiger partial charge on any atom is -0.428 e. The summed E-state index contributed by atoms with van der Waals surface area (Å²) in [5.74, 6) is 0.484. The lowest BCUT2D eigenvalue weighted by atomic mass is 10.3. The van der Waals surface area contributed by atoms with Gasteiger partial charge in [-0.25, -0.2) is 4.79 Å². The fourth-order valence-electron chi connectivity index (χ4n) is 1.56. The summed E-state index contributed by atoms with van der Waals surface area (Å²) < 4.78 is 15.6. The Morgan fingerprint density at radius 2 is 2.18 bits per heavy atom. The predicted octanol–water partition coefficient (Wildman–Crippen LogP) is 2.68. The topological polar surface area (TPSA) is 44.8 Å². The zero-order valence-electron chi connectivity index (χ0n) is 9.50. The SMILES string of the molecule is CSC1C[C@H](OC(=O)Oc2ccccc2)CO1. The van der Waals surface area contributed by atoms with Crippen molar-refractivity contribution in [1.29, 1.82) is 0 Å². The van der Waals surface area contributed by atoms with Gasteiger partial charge in [0.05, 0.1) is 6.61 Å². The number of para-hydroxylation sites is 1. The first-order chi connectivity index (χ1) is 8.28. The molecule has 2 atom stereocenters. The van der Waals surface area contributed by atoms with Crippen LogP contribution in [0.15, 0.2) is 30.3 Å². The summed E-state index contributed by atoms with van der Waals surface area (Å²) in [6.07, 6.45) is 1.80. The molecule has 0 aliphatic carbocycles. The van der Waals surface area contributed by atoms with Crippen LogP contribution in [0, 0.1) is 0 Å². The Balaban J connectivity index is 1.78. The summed E-state index contributed by atoms with van der Waals surface area (Å²) in [6, 6.07) is 8.86. The molecule has 0 aromatic heterocycles. The summed E-state index contributed by atoms with van der Waals surface area (Å²) in [4.78, 5) is 11.5. The van der Waals surface area contributed by atoms with E-state index in [4.69, 9.17) is 14.2 Å². The average Bonchev–Trinajstić information content (AvgIpc) is 2.78. The molecular weight excluding hydrogens is 240 g/mol. The number of hydrogen-bond acceptors (Lipinski definition) is 5. The highest BCUT2D eigenvalue weighted by molar-refractivity contribution is 7.99. The quantitative estimate of drug-likeness (QED) is 0.613. The van der Waals surface area contributed by atoms with E-state index >= 15 is 0 Å². The first-order valence-electron chi connectivity index (χ1n) is 5.36. The lowest BCUT2D eigenvalue weighted by Gasteiger charge is -2.10. The Kier molecular flexibility index (Phi) is 4.28. The van der Waals surface area contributed by atoms with Gasteiger partial charge in [0.1, 0.15) is 17.3 Å². The Labute approximate surface area is 104 Å². The number of carbonyl (C=O) groups excluding carboxylic acids is 1. The predicted molar refractivity (Wildman–Crippen MR) is 65.2 cm³/mol. The van der Waals surface area contributed by atoms with Gasteiger partial charge in [0, 0.05) is 6.42 Å². The number of carbonyl (C=O) groups is 1. The third-order valence-electron chi connectivity index (χ3n) is 2.39. The van der Waals surface area contributed by atoms with Crippen molar-refractivity contribution in [2.45, 2.75) is 18.0 Å². The first-order valence-corrected chi connectivity index (χ1v) is 6.64. The normalized spacial score (nSPS) is 23.4. The lowest BCUT2D eigenvalue weighted by molar-refractivity contribution is 0.0499. The third-order valence-corrected chi connectivity index (χ3v) is 3.25. The van der Waals surface area contributed by atoms with E-state index in [1.807, 2.05) is 12.3 Å². The van der Waals surface area contributed by atoms with Gasteiger partial charge in [-0.05, 0) is 18.4 Å². The Bertz CT molecular complexity index is 368. The van der Waals surface area contributed by atoms with Crippen LogP contribution in [-0.4, -0.2) is 30.6 Å². The molecule has 2 rings (SSSR count). The lowest BCUT2D eigenvalue weighted by Crippen LogP contribution is -2.21. The largest absolute Gasteiger partial charge is 0.514 e. The highest BCUT2D eigenvalue weighted by Gasteiger charge is 2.28. The molecule has 0 spiro atoms. The van der Waals surface area contributed by atoms with Crippen molar-refractivity contribution in [3.8, 4) is 5.75 Å². The van der Waals surface area contributed by atoms with Crippen molar-refractivity contribution in [3.05, 3.63) is 30.3 Å². The van der Waals surface area contributed by atoms with E-state index in [1.54, 1.807) is 36.0 Å². The molecule has 1 aliphatic heterocycles. The third kappa shape index (κ3) is 3.64. The molecule has 0 radical (unpaired) electrons. The van der Waals surface area contributed by atoms with Gasteiger partial charge in [-0.3, -0.25) is 0 Å². The summed E-state index contributed by atoms with van der Waals surface area (Å²) >= 11 is 1.61. The van der Waals surface area contributed by atoms with Gasteiger partial charge in [0.15, 0.2) is 0 Å². The van der Waals surface area contributed by atoms with E-state index in [9.17, 15) is 4.79 Å². The van der Waals surface area contributed by atoms with Gasteiger partial charge >= 0.3 is 6.16 Å². The molecule has 0 saturated carbocycles. The molecule has 1 saturated heterocycles. The Morgan fingerprint density at radius 3 is 2.82 bits per heavy atom. The Morgan fingerprint density at radius 1 is 1.41 bits per heavy atom. The molecule has 0 N–H and O–H groups in total. The van der Waals surface area contributed by atoms with Gasteiger partial charge in [-0.2, -0.15) is 0 Å². The van der Waals surface area contributed by atoms with Crippen LogP contribution >= 0.6 is 11.8 Å². The Hall–Kier alpha value is -1.20. The molecule has 17 heavy (non-hydrogen) atoms. The van der Waals surface area contributed by atoms with E-state index < -0.39 is 6.16 Å². The van der Waals surface area contributed by atoms with E-state index in [0.29, 0.717) is 18.8 Å². The molecule has 4 nitrogen and oxygen atoms in total. The van der Waals surface area contributed by atoms with Crippen LogP contribution in [-0.2, 0) is 9.47 Å². The van der Waals surface area contributed by atoms with Crippen molar-refractivity contribution >= 4 is 17.9 Å². The number of hydrogen-bond donors (Lipinski definition) is 0. The van der Waals surface area contributed by atoms with Gasteiger partial charge in [-0.15, -0.1) is 11.8 Å². The summed E-state index contributed by atoms with van der Waals surface area (Å²) in [6.45, 7) is 0.440. The molecule has 1 aliphatic rings. The molecule has 0 bridgehead atoms. The van der Waals surface area contributed by atoms with Crippen LogP contribution in [0.3, 0.4) is 0 Å². The maximum absolute atomic E-state index is 11.5. The number of rotatable bonds is 3. The van der Waals surface area contributed by atoms with E-state index in [-0.39, 0.29) is 11.5 Å². The minimum absolute atomic E-state index is 0.115. The molecular formula is C12H14O4S. The molecule has 5 heteroatoms. The van der Waals surface area contributed by atoms with E-state index in [2.05, 4.69) is 0 Å². The monoisotopic (exact) mass is 254 g/mol. The van der Waals surface area contributed by atoms with Crippen LogP contribution in [0.1, 0.15) is 6.42 Å². The molecule has 1 unspecified atom stereocenters. The first kappa shape index (κ1) is 12.3. The second-order valence-corrected chi connectivity index (χ2v) is 4.64. The summed E-state index contributed by atoms with van der Waals surface area (Å²) in [7, 11) is 0. The number of thioether (sulfide) groups is 1. The van der Waals surface area contributed by atoms with Crippen LogP contribution in [0.25, 0.3) is 0 Å². The molecule has 92 valence electrons. The van der Waals surface area contributed by atoms with Crippen molar-refractivity contribution in [1.82, 2.24) is 0 Å². The van der Waals surface area contributed by atoms with Crippen molar-refractivity contribution < 1.29 is 19.0 Å². The van der Waals surface area contributed by atoms with E-state index in [1.165, 1.54) is 0 Å². The number of benzene rings is 1. The summed E-state index contributed by atoms with van der Waals surface area (Å²) in [5.41, 5.74) is 0.115. The van der Waals surface area contributed by atoms with Gasteiger partial charge in [0.2, 0.25) is 0 Å². The van der Waals surface area contributed by atoms with Crippen LogP contribution in [0.4, 0.5) is 4.79 Å². The standard InChI is InChI=1S/C12H14O4S/c1-17-11-7-10(8-14-11)16-12(13)15-9-5-3-2-4-6-9/h2-6,10-11H,7-8H2,1H3/t10-,11?/m0/s1. The van der Waals surface area contributed by atoms with E-state index in [0.717, 1.165) is 0 Å². The molecule has 1 aromatic rings. The zero-order chi connectivity index (χ0) is 12.1. The molecule has 1 aromatic carbocycles. The minimum atomic E-state index is -0.674. The van der Waals surface area contributed by atoms with Gasteiger partial charge in [0.25, 0.3) is 0 Å². The van der Waals surface area contributed by atoms with Crippen molar-refractivity contribution in [2.24, 2.45) is 0 Å². The molecule has 1 heterocycles. The highest BCUT2D eigenvalue weighted by atomic mass is 32.2. The van der Waals surface area contributed by atoms with Crippen molar-refractivity contribution in [2.75, 3.05) is 12.9 Å². The second-order valence-electron chi connectivity index (χ2n) is 3.64. The second kappa shape index (κ2) is 5.93. The van der Waals surface area contributed by atoms with Crippen molar-refractivity contribution in [3.63, 3.8) is 0 Å². The summed E-state index contributed by atoms with van der Waals surface area (Å²) in [5, 5.41) is 0. The van der Waals surface area contributed by atoms with Crippen LogP contribution in [0.5, 0.6) is 5.75 Å². The van der Waals surface area contributed by atoms with Gasteiger partial charge in [-0.1, -0.05) is 18.2 Å². The average molecular weight is 254 g/mol. The van der Waals surface area contributed by atoms with Crippen LogP contribution in [0.2, 0.25) is 0 Å². The fourth-order valence-corrected chi connectivity index (χ4v) is 2.18. The maximum atomic E-state index is 11.5. The number of ether oxygens (including phenoxy) is 3. The van der Waals surface area contributed by atoms with Crippen LogP contribution < -0.4 is 4.74 Å². The maximum Gasteiger partial charge on any atom is 0.514 e. The smallest absolute Gasteiger partial charge is 0.428 e. The fraction of sp³-hybridized carbons (Fsp3) is 0.417. The molecule has 1 fully saturated rings. The molecule has 0 amide bonds.